The summed E-state index contributed by atoms with van der Waals surface area (Å²) < 4.78 is 15.7. The molecule has 12 heavy (non-hydrogen) atoms. The second-order valence-electron chi connectivity index (χ2n) is 3.58. The van der Waals surface area contributed by atoms with Gasteiger partial charge in [0.1, 0.15) is 5.25 Å². The van der Waals surface area contributed by atoms with Gasteiger partial charge in [-0.3, -0.25) is 9.00 Å². The van der Waals surface area contributed by atoms with Crippen LogP contribution in [0.3, 0.4) is 0 Å². The second-order valence-corrected chi connectivity index (χ2v) is 6.10. The van der Waals surface area contributed by atoms with E-state index in [1.54, 1.807) is 6.92 Å². The van der Waals surface area contributed by atoms with Gasteiger partial charge in [0.05, 0.1) is 7.11 Å². The average molecular weight is 192 g/mol. The molecule has 0 rings (SSSR count). The Morgan fingerprint density at radius 3 is 2.08 bits per heavy atom. The number of esters is 1. The Morgan fingerprint density at radius 1 is 1.42 bits per heavy atom. The van der Waals surface area contributed by atoms with Gasteiger partial charge in [-0.1, -0.05) is 0 Å². The van der Waals surface area contributed by atoms with Crippen molar-refractivity contribution in [3.8, 4) is 0 Å². The fourth-order valence-electron chi connectivity index (χ4n) is 0.784. The maximum absolute atomic E-state index is 11.6. The number of hydrogen-bond donors (Lipinski definition) is 0. The summed E-state index contributed by atoms with van der Waals surface area (Å²) in [7, 11) is 0.118. The predicted molar refractivity (Wildman–Crippen MR) is 49.4 cm³/mol. The first-order valence-corrected chi connectivity index (χ1v) is 5.00. The van der Waals surface area contributed by atoms with Gasteiger partial charge in [-0.25, -0.2) is 0 Å². The molecule has 0 bridgehead atoms. The van der Waals surface area contributed by atoms with Gasteiger partial charge in [-0.15, -0.1) is 0 Å². The van der Waals surface area contributed by atoms with E-state index >= 15 is 0 Å². The minimum Gasteiger partial charge on any atom is -0.468 e. The van der Waals surface area contributed by atoms with Gasteiger partial charge in [0.25, 0.3) is 0 Å². The predicted octanol–water partition coefficient (Wildman–Crippen LogP) is 1.10. The Morgan fingerprint density at radius 2 is 1.83 bits per heavy atom. The third kappa shape index (κ3) is 2.93. The zero-order valence-corrected chi connectivity index (χ0v) is 9.03. The van der Waals surface area contributed by atoms with E-state index in [0.29, 0.717) is 0 Å². The number of ether oxygens (including phenoxy) is 1. The number of hydrogen-bond acceptors (Lipinski definition) is 3. The maximum Gasteiger partial charge on any atom is 0.321 e. The first-order valence-electron chi connectivity index (χ1n) is 3.79. The van der Waals surface area contributed by atoms with Crippen LogP contribution in [0.1, 0.15) is 27.7 Å². The SMILES string of the molecule is COC(=O)C(C)S(=O)C(C)(C)C. The van der Waals surface area contributed by atoms with Crippen LogP contribution in [0.4, 0.5) is 0 Å². The standard InChI is InChI=1S/C8H16O3S/c1-6(7(9)11-5)12(10)8(2,3)4/h6H,1-5H3. The normalized spacial score (nSPS) is 16.8. The first-order chi connectivity index (χ1) is 5.30. The quantitative estimate of drug-likeness (QED) is 0.615. The third-order valence-corrected chi connectivity index (χ3v) is 3.50. The molecule has 0 saturated heterocycles. The van der Waals surface area contributed by atoms with Crippen molar-refractivity contribution in [2.45, 2.75) is 37.7 Å². The molecule has 0 saturated carbocycles. The fourth-order valence-corrected chi connectivity index (χ4v) is 2.12. The lowest BCUT2D eigenvalue weighted by atomic mass is 10.3. The Labute approximate surface area is 75.9 Å². The molecule has 0 aromatic heterocycles. The number of methoxy groups -OCH3 is 1. The molecule has 0 aliphatic rings. The Hall–Kier alpha value is -0.380. The van der Waals surface area contributed by atoms with Crippen LogP contribution < -0.4 is 0 Å². The monoisotopic (exact) mass is 192 g/mol. The van der Waals surface area contributed by atoms with Crippen LogP contribution in [0.5, 0.6) is 0 Å². The van der Waals surface area contributed by atoms with E-state index < -0.39 is 22.0 Å². The Bertz CT molecular complexity index is 193. The molecule has 4 heteroatoms. The molecule has 2 atom stereocenters. The lowest BCUT2D eigenvalue weighted by molar-refractivity contribution is -0.139. The van der Waals surface area contributed by atoms with Crippen molar-refractivity contribution in [2.75, 3.05) is 7.11 Å². The van der Waals surface area contributed by atoms with Crippen LogP contribution >= 0.6 is 0 Å². The smallest absolute Gasteiger partial charge is 0.321 e. The summed E-state index contributed by atoms with van der Waals surface area (Å²) in [5.74, 6) is -0.414. The molecule has 0 aliphatic heterocycles. The van der Waals surface area contributed by atoms with Crippen molar-refractivity contribution in [1.29, 1.82) is 0 Å². The molecule has 0 aromatic carbocycles. The van der Waals surface area contributed by atoms with Gasteiger partial charge in [-0.2, -0.15) is 0 Å². The molecule has 0 aromatic rings. The van der Waals surface area contributed by atoms with Crippen molar-refractivity contribution >= 4 is 16.8 Å². The average Bonchev–Trinajstić information content (AvgIpc) is 1.98. The van der Waals surface area contributed by atoms with Crippen LogP contribution in [-0.2, 0) is 20.3 Å². The molecular weight excluding hydrogens is 176 g/mol. The molecule has 0 aliphatic carbocycles. The van der Waals surface area contributed by atoms with Gasteiger partial charge < -0.3 is 4.74 Å². The molecule has 0 spiro atoms. The van der Waals surface area contributed by atoms with Crippen molar-refractivity contribution in [2.24, 2.45) is 0 Å². The number of carbonyl (C=O) groups is 1. The molecule has 0 N–H and O–H groups in total. The lowest BCUT2D eigenvalue weighted by Gasteiger charge is -2.21. The van der Waals surface area contributed by atoms with E-state index in [-0.39, 0.29) is 4.75 Å². The Kier molecular flexibility index (Phi) is 3.90. The highest BCUT2D eigenvalue weighted by atomic mass is 32.2. The molecule has 3 nitrogen and oxygen atoms in total. The summed E-state index contributed by atoms with van der Waals surface area (Å²) in [5, 5.41) is -0.546. The molecule has 72 valence electrons. The van der Waals surface area contributed by atoms with Crippen molar-refractivity contribution in [3.05, 3.63) is 0 Å². The van der Waals surface area contributed by atoms with Crippen LogP contribution in [0.15, 0.2) is 0 Å². The molecule has 0 radical (unpaired) electrons. The van der Waals surface area contributed by atoms with Gasteiger partial charge in [-0.05, 0) is 27.7 Å². The van der Waals surface area contributed by atoms with Crippen LogP contribution in [0, 0.1) is 0 Å². The summed E-state index contributed by atoms with van der Waals surface area (Å²) in [6.45, 7) is 7.13. The highest BCUT2D eigenvalue weighted by Crippen LogP contribution is 2.16. The van der Waals surface area contributed by atoms with Gasteiger partial charge in [0, 0.05) is 15.5 Å². The summed E-state index contributed by atoms with van der Waals surface area (Å²) in [4.78, 5) is 11.0. The van der Waals surface area contributed by atoms with Crippen LogP contribution in [-0.4, -0.2) is 27.3 Å². The topological polar surface area (TPSA) is 43.4 Å². The number of rotatable bonds is 2. The van der Waals surface area contributed by atoms with Crippen molar-refractivity contribution in [1.82, 2.24) is 0 Å². The van der Waals surface area contributed by atoms with E-state index in [9.17, 15) is 9.00 Å². The molecule has 0 fully saturated rings. The largest absolute Gasteiger partial charge is 0.468 e. The van der Waals surface area contributed by atoms with E-state index in [1.165, 1.54) is 7.11 Å². The van der Waals surface area contributed by atoms with Crippen molar-refractivity contribution in [3.63, 3.8) is 0 Å². The summed E-state index contributed by atoms with van der Waals surface area (Å²) in [5.41, 5.74) is 0. The first kappa shape index (κ1) is 11.6. The number of carbonyl (C=O) groups excluding carboxylic acids is 1. The minimum atomic E-state index is -1.19. The van der Waals surface area contributed by atoms with E-state index in [2.05, 4.69) is 4.74 Å². The molecule has 2 unspecified atom stereocenters. The Balaban J connectivity index is 4.41. The van der Waals surface area contributed by atoms with E-state index in [1.807, 2.05) is 20.8 Å². The van der Waals surface area contributed by atoms with Gasteiger partial charge in [0.2, 0.25) is 0 Å². The molecule has 0 amide bonds. The van der Waals surface area contributed by atoms with Crippen LogP contribution in [0.25, 0.3) is 0 Å². The van der Waals surface area contributed by atoms with E-state index in [4.69, 9.17) is 0 Å². The summed E-state index contributed by atoms with van der Waals surface area (Å²) in [6, 6.07) is 0. The summed E-state index contributed by atoms with van der Waals surface area (Å²) in [6.07, 6.45) is 0. The minimum absolute atomic E-state index is 0.367. The van der Waals surface area contributed by atoms with E-state index in [0.717, 1.165) is 0 Å². The zero-order valence-electron chi connectivity index (χ0n) is 8.21. The third-order valence-electron chi connectivity index (χ3n) is 1.46. The van der Waals surface area contributed by atoms with Crippen LogP contribution in [0.2, 0.25) is 0 Å². The lowest BCUT2D eigenvalue weighted by Crippen LogP contribution is -2.35. The summed E-state index contributed by atoms with van der Waals surface area (Å²) >= 11 is 0. The highest BCUT2D eigenvalue weighted by molar-refractivity contribution is 7.87. The fraction of sp³-hybridized carbons (Fsp3) is 0.875. The highest BCUT2D eigenvalue weighted by Gasteiger charge is 2.29. The zero-order chi connectivity index (χ0) is 9.94. The van der Waals surface area contributed by atoms with Gasteiger partial charge >= 0.3 is 5.97 Å². The molecular formula is C8H16O3S. The van der Waals surface area contributed by atoms with Gasteiger partial charge in [0.15, 0.2) is 0 Å². The second kappa shape index (κ2) is 4.03. The van der Waals surface area contributed by atoms with Crippen molar-refractivity contribution < 1.29 is 13.7 Å². The molecule has 0 heterocycles. The maximum atomic E-state index is 11.6.